The molecular weight excluding hydrogens is 460 g/mol. The molecule has 3 aliphatic rings. The highest BCUT2D eigenvalue weighted by Crippen LogP contribution is 2.58. The molecule has 0 radical (unpaired) electrons. The minimum absolute atomic E-state index is 0.0208. The molecule has 3 heterocycles. The first-order chi connectivity index (χ1) is 17.4. The van der Waals surface area contributed by atoms with Crippen LogP contribution in [0.1, 0.15) is 52.9 Å². The van der Waals surface area contributed by atoms with E-state index in [1.165, 1.54) is 0 Å². The maximum absolute atomic E-state index is 13.8. The van der Waals surface area contributed by atoms with Crippen molar-refractivity contribution in [3.8, 4) is 0 Å². The Kier molecular flexibility index (Phi) is 8.20. The fourth-order valence-electron chi connectivity index (χ4n) is 6.31. The van der Waals surface area contributed by atoms with E-state index in [0.29, 0.717) is 44.5 Å². The number of hydrogen-bond donors (Lipinski definition) is 3. The van der Waals surface area contributed by atoms with Crippen LogP contribution in [-0.2, 0) is 19.1 Å². The molecular formula is C27H40N4O5. The maximum Gasteiger partial charge on any atom is 0.250 e. The van der Waals surface area contributed by atoms with Crippen molar-refractivity contribution >= 4 is 29.1 Å². The van der Waals surface area contributed by atoms with E-state index >= 15 is 0 Å². The highest BCUT2D eigenvalue weighted by molar-refractivity contribution is 6.03. The number of nitrogens with zero attached hydrogens (tertiary/aromatic N) is 2. The van der Waals surface area contributed by atoms with Crippen LogP contribution >= 0.6 is 0 Å². The van der Waals surface area contributed by atoms with Gasteiger partial charge < -0.3 is 30.3 Å². The highest BCUT2D eigenvalue weighted by Gasteiger charge is 2.74. The molecule has 3 saturated heterocycles. The summed E-state index contributed by atoms with van der Waals surface area (Å²) >= 11 is 0. The zero-order chi connectivity index (χ0) is 25.9. The lowest BCUT2D eigenvalue weighted by atomic mass is 9.70. The number of aliphatic hydroxyl groups is 1. The van der Waals surface area contributed by atoms with Gasteiger partial charge in [-0.05, 0) is 70.2 Å². The second kappa shape index (κ2) is 11.2. The van der Waals surface area contributed by atoms with Crippen LogP contribution in [0.4, 0.5) is 11.4 Å². The van der Waals surface area contributed by atoms with Crippen molar-refractivity contribution in [1.82, 2.24) is 10.2 Å². The Balaban J connectivity index is 1.59. The van der Waals surface area contributed by atoms with Crippen molar-refractivity contribution in [2.24, 2.45) is 11.8 Å². The number of unbranched alkanes of at least 4 members (excludes halogenated alkanes) is 1. The van der Waals surface area contributed by atoms with Gasteiger partial charge in [0.1, 0.15) is 11.6 Å². The van der Waals surface area contributed by atoms with Gasteiger partial charge in [0.15, 0.2) is 0 Å². The third kappa shape index (κ3) is 4.59. The Morgan fingerprint density at radius 3 is 2.50 bits per heavy atom. The average molecular weight is 501 g/mol. The fourth-order valence-corrected chi connectivity index (χ4v) is 6.31. The molecule has 3 aliphatic heterocycles. The molecule has 9 heteroatoms. The van der Waals surface area contributed by atoms with Crippen LogP contribution in [0.3, 0.4) is 0 Å². The van der Waals surface area contributed by atoms with E-state index in [9.17, 15) is 19.5 Å². The average Bonchev–Trinajstić information content (AvgIpc) is 3.52. The standard InChI is InChI=1S/C27H40N4O5/c1-4-15-28-24(33)21-20-13-14-27(36-20)22(21)26(35)31(16-7-8-17-32)23(27)25(34)29-18-9-11-19(12-10-18)30(5-2)6-3/h9-12,20-23,32H,4-8,13-17H2,1-3H3,(H,28,33)(H,29,34)/t20-,21+,22-,23?,27?/m0/s1. The number of benzene rings is 1. The Bertz CT molecular complexity index is 950. The number of rotatable bonds is 12. The Morgan fingerprint density at radius 1 is 1.14 bits per heavy atom. The summed E-state index contributed by atoms with van der Waals surface area (Å²) in [7, 11) is 0. The summed E-state index contributed by atoms with van der Waals surface area (Å²) in [5, 5.41) is 15.2. The largest absolute Gasteiger partial charge is 0.396 e. The second-order valence-electron chi connectivity index (χ2n) is 10.0. The SMILES string of the molecule is CCCNC(=O)[C@@H]1[C@@H]2CCC3(O2)C(C(=O)Nc2ccc(N(CC)CC)cc2)N(CCCCO)C(=O)[C@H]13. The topological polar surface area (TPSA) is 111 Å². The number of likely N-dealkylation sites (tertiary alicyclic amines) is 1. The summed E-state index contributed by atoms with van der Waals surface area (Å²) in [4.78, 5) is 44.4. The molecule has 4 rings (SSSR count). The monoisotopic (exact) mass is 500 g/mol. The molecule has 2 unspecified atom stereocenters. The summed E-state index contributed by atoms with van der Waals surface area (Å²) < 4.78 is 6.42. The quantitative estimate of drug-likeness (QED) is 0.379. The number of carbonyl (C=O) groups excluding carboxylic acids is 3. The molecule has 3 N–H and O–H groups in total. The summed E-state index contributed by atoms with van der Waals surface area (Å²) in [6.45, 7) is 8.88. The lowest BCUT2D eigenvalue weighted by molar-refractivity contribution is -0.140. The molecule has 198 valence electrons. The van der Waals surface area contributed by atoms with Crippen molar-refractivity contribution in [3.63, 3.8) is 0 Å². The first kappa shape index (κ1) is 26.4. The van der Waals surface area contributed by atoms with Crippen LogP contribution in [0.25, 0.3) is 0 Å². The number of nitrogens with one attached hydrogen (secondary N) is 2. The van der Waals surface area contributed by atoms with Gasteiger partial charge in [0.2, 0.25) is 17.7 Å². The van der Waals surface area contributed by atoms with Gasteiger partial charge in [-0.1, -0.05) is 6.92 Å². The summed E-state index contributed by atoms with van der Waals surface area (Å²) in [6, 6.07) is 6.90. The number of ether oxygens (including phenoxy) is 1. The van der Waals surface area contributed by atoms with Crippen LogP contribution in [0, 0.1) is 11.8 Å². The Hall–Kier alpha value is -2.65. The molecule has 36 heavy (non-hydrogen) atoms. The lowest BCUT2D eigenvalue weighted by Crippen LogP contribution is -2.53. The molecule has 3 amide bonds. The highest BCUT2D eigenvalue weighted by atomic mass is 16.5. The van der Waals surface area contributed by atoms with Crippen molar-refractivity contribution < 1.29 is 24.2 Å². The smallest absolute Gasteiger partial charge is 0.250 e. The van der Waals surface area contributed by atoms with Crippen LogP contribution in [0.15, 0.2) is 24.3 Å². The summed E-state index contributed by atoms with van der Waals surface area (Å²) in [6.07, 6.45) is 2.79. The zero-order valence-electron chi connectivity index (χ0n) is 21.7. The molecule has 5 atom stereocenters. The number of hydrogen-bond acceptors (Lipinski definition) is 6. The van der Waals surface area contributed by atoms with Gasteiger partial charge in [-0.2, -0.15) is 0 Å². The van der Waals surface area contributed by atoms with Gasteiger partial charge in [-0.25, -0.2) is 0 Å². The zero-order valence-corrected chi connectivity index (χ0v) is 21.7. The van der Waals surface area contributed by atoms with E-state index in [1.807, 2.05) is 31.2 Å². The minimum Gasteiger partial charge on any atom is -0.396 e. The van der Waals surface area contributed by atoms with E-state index in [4.69, 9.17) is 4.74 Å². The third-order valence-corrected chi connectivity index (χ3v) is 7.97. The molecule has 3 fully saturated rings. The van der Waals surface area contributed by atoms with Crippen molar-refractivity contribution in [2.45, 2.75) is 70.6 Å². The molecule has 0 aliphatic carbocycles. The summed E-state index contributed by atoms with van der Waals surface area (Å²) in [5.41, 5.74) is 0.737. The number of fused-ring (bicyclic) bond motifs is 1. The van der Waals surface area contributed by atoms with Crippen LogP contribution < -0.4 is 15.5 Å². The first-order valence-electron chi connectivity index (χ1n) is 13.4. The number of amides is 3. The van der Waals surface area contributed by atoms with Crippen LogP contribution in [-0.4, -0.2) is 78.3 Å². The molecule has 1 aromatic rings. The van der Waals surface area contributed by atoms with E-state index in [1.54, 1.807) is 4.90 Å². The number of carbonyl (C=O) groups is 3. The van der Waals surface area contributed by atoms with Crippen LogP contribution in [0.2, 0.25) is 0 Å². The fraction of sp³-hybridized carbons (Fsp3) is 0.667. The minimum atomic E-state index is -1.000. The predicted molar refractivity (Wildman–Crippen MR) is 138 cm³/mol. The van der Waals surface area contributed by atoms with E-state index in [-0.39, 0.29) is 30.4 Å². The number of anilines is 2. The van der Waals surface area contributed by atoms with E-state index < -0.39 is 23.5 Å². The van der Waals surface area contributed by atoms with Crippen molar-refractivity contribution in [1.29, 1.82) is 0 Å². The normalized spacial score (nSPS) is 28.3. The second-order valence-corrected chi connectivity index (χ2v) is 10.0. The van der Waals surface area contributed by atoms with E-state index in [0.717, 1.165) is 25.2 Å². The Labute approximate surface area is 213 Å². The van der Waals surface area contributed by atoms with Gasteiger partial charge in [0.25, 0.3) is 0 Å². The van der Waals surface area contributed by atoms with Gasteiger partial charge in [-0.15, -0.1) is 0 Å². The van der Waals surface area contributed by atoms with Crippen LogP contribution in [0.5, 0.6) is 0 Å². The van der Waals surface area contributed by atoms with Gasteiger partial charge in [-0.3, -0.25) is 14.4 Å². The molecule has 2 bridgehead atoms. The van der Waals surface area contributed by atoms with E-state index in [2.05, 4.69) is 29.4 Å². The Morgan fingerprint density at radius 2 is 1.86 bits per heavy atom. The van der Waals surface area contributed by atoms with Gasteiger partial charge in [0.05, 0.1) is 17.9 Å². The molecule has 1 aromatic carbocycles. The third-order valence-electron chi connectivity index (χ3n) is 7.97. The molecule has 0 saturated carbocycles. The van der Waals surface area contributed by atoms with Crippen molar-refractivity contribution in [3.05, 3.63) is 24.3 Å². The molecule has 1 spiro atoms. The van der Waals surface area contributed by atoms with Gasteiger partial charge in [0, 0.05) is 44.2 Å². The molecule has 9 nitrogen and oxygen atoms in total. The first-order valence-corrected chi connectivity index (χ1v) is 13.4. The number of aliphatic hydroxyl groups excluding tert-OH is 1. The summed E-state index contributed by atoms with van der Waals surface area (Å²) in [5.74, 6) is -1.89. The predicted octanol–water partition coefficient (Wildman–Crippen LogP) is 2.14. The maximum atomic E-state index is 13.8. The van der Waals surface area contributed by atoms with Gasteiger partial charge >= 0.3 is 0 Å². The van der Waals surface area contributed by atoms with Crippen molar-refractivity contribution in [2.75, 3.05) is 43.0 Å². The molecule has 0 aromatic heterocycles. The lowest BCUT2D eigenvalue weighted by Gasteiger charge is -2.33.